The van der Waals surface area contributed by atoms with Crippen molar-refractivity contribution < 1.29 is 0 Å². The molecule has 0 unspecified atom stereocenters. The molecule has 0 atom stereocenters. The molecule has 0 radical (unpaired) electrons. The molecule has 11 aromatic rings. The van der Waals surface area contributed by atoms with Crippen LogP contribution < -0.4 is 0 Å². The van der Waals surface area contributed by atoms with Crippen molar-refractivity contribution in [3.8, 4) is 55.6 Å². The summed E-state index contributed by atoms with van der Waals surface area (Å²) in [5, 5.41) is 15.9. The Morgan fingerprint density at radius 2 is 0.804 bits per heavy atom. The molecule has 232 valence electrons. The Hall–Kier alpha value is -6.28. The zero-order valence-electron chi connectivity index (χ0n) is 27.4. The third-order valence-electron chi connectivity index (χ3n) is 11.9. The maximum Gasteiger partial charge on any atom is 0.0361 e. The number of rotatable bonds is 1. The van der Waals surface area contributed by atoms with E-state index in [1.807, 2.05) is 11.3 Å². The zero-order valence-corrected chi connectivity index (χ0v) is 28.2. The van der Waals surface area contributed by atoms with Gasteiger partial charge in [-0.1, -0.05) is 127 Å². The molecule has 0 saturated heterocycles. The molecule has 2 aliphatic rings. The van der Waals surface area contributed by atoms with Gasteiger partial charge in [0.25, 0.3) is 0 Å². The van der Waals surface area contributed by atoms with Crippen LogP contribution in [0.4, 0.5) is 0 Å². The van der Waals surface area contributed by atoms with Gasteiger partial charge in [0.1, 0.15) is 0 Å². The summed E-state index contributed by atoms with van der Waals surface area (Å²) in [6.07, 6.45) is 0. The molecule has 0 N–H and O–H groups in total. The highest BCUT2D eigenvalue weighted by Gasteiger charge is 2.29. The first-order valence-corrected chi connectivity index (χ1v) is 18.6. The number of hydrogen-bond acceptors (Lipinski definition) is 1. The van der Waals surface area contributed by atoms with Gasteiger partial charge in [0, 0.05) is 20.2 Å². The van der Waals surface area contributed by atoms with Gasteiger partial charge >= 0.3 is 0 Å². The highest BCUT2D eigenvalue weighted by molar-refractivity contribution is 7.26. The SMILES string of the molecule is c1cc2c3c(cccc3c1)-c1cc3c(ccc4c5cc6c(c(-c7cccc8sc9ccccc9c78)c5ccc34)-c3cccc4cccc-6c34)cc1-2. The van der Waals surface area contributed by atoms with E-state index < -0.39 is 0 Å². The molecule has 13 rings (SSSR count). The van der Waals surface area contributed by atoms with Crippen LogP contribution in [0.2, 0.25) is 0 Å². The number of hydrogen-bond donors (Lipinski definition) is 0. The van der Waals surface area contributed by atoms with Crippen LogP contribution in [0.5, 0.6) is 0 Å². The fraction of sp³-hybridized carbons (Fsp3) is 0. The van der Waals surface area contributed by atoms with E-state index in [0.717, 1.165) is 0 Å². The first-order valence-electron chi connectivity index (χ1n) is 17.8. The van der Waals surface area contributed by atoms with Gasteiger partial charge in [-0.15, -0.1) is 11.3 Å². The second kappa shape index (κ2) is 9.28. The van der Waals surface area contributed by atoms with Crippen LogP contribution in [0.25, 0.3) is 130 Å². The third-order valence-corrected chi connectivity index (χ3v) is 13.0. The minimum absolute atomic E-state index is 1.29. The van der Waals surface area contributed by atoms with Gasteiger partial charge in [0.2, 0.25) is 0 Å². The lowest BCUT2D eigenvalue weighted by Crippen LogP contribution is -1.91. The lowest BCUT2D eigenvalue weighted by Gasteiger charge is -2.18. The average Bonchev–Trinajstić information content (AvgIpc) is 3.83. The molecule has 1 aromatic heterocycles. The van der Waals surface area contributed by atoms with Crippen molar-refractivity contribution in [3.63, 3.8) is 0 Å². The maximum atomic E-state index is 2.51. The van der Waals surface area contributed by atoms with Crippen molar-refractivity contribution in [2.75, 3.05) is 0 Å². The lowest BCUT2D eigenvalue weighted by molar-refractivity contribution is 1.71. The van der Waals surface area contributed by atoms with Gasteiger partial charge in [-0.05, 0) is 140 Å². The van der Waals surface area contributed by atoms with Gasteiger partial charge in [-0.2, -0.15) is 0 Å². The van der Waals surface area contributed by atoms with Gasteiger partial charge in [0.15, 0.2) is 0 Å². The van der Waals surface area contributed by atoms with Crippen LogP contribution in [0.3, 0.4) is 0 Å². The van der Waals surface area contributed by atoms with Gasteiger partial charge in [0.05, 0.1) is 0 Å². The summed E-state index contributed by atoms with van der Waals surface area (Å²) in [6, 6.07) is 59.9. The van der Waals surface area contributed by atoms with E-state index >= 15 is 0 Å². The Morgan fingerprint density at radius 3 is 1.59 bits per heavy atom. The van der Waals surface area contributed by atoms with Crippen LogP contribution >= 0.6 is 11.3 Å². The molecule has 51 heavy (non-hydrogen) atoms. The summed E-state index contributed by atoms with van der Waals surface area (Å²) in [5.74, 6) is 0. The number of benzene rings is 10. The van der Waals surface area contributed by atoms with Crippen LogP contribution in [0.15, 0.2) is 158 Å². The Balaban J connectivity index is 1.18. The fourth-order valence-corrected chi connectivity index (χ4v) is 11.0. The topological polar surface area (TPSA) is 0 Å². The minimum atomic E-state index is 1.29. The normalized spacial score (nSPS) is 12.7. The first-order chi connectivity index (χ1) is 25.3. The predicted octanol–water partition coefficient (Wildman–Crippen LogP) is 14.8. The first kappa shape index (κ1) is 26.6. The molecule has 0 amide bonds. The Morgan fingerprint density at radius 1 is 0.255 bits per heavy atom. The van der Waals surface area contributed by atoms with Crippen molar-refractivity contribution in [2.24, 2.45) is 0 Å². The van der Waals surface area contributed by atoms with Crippen molar-refractivity contribution in [2.45, 2.75) is 0 Å². The molecule has 0 bridgehead atoms. The van der Waals surface area contributed by atoms with Gasteiger partial charge in [-0.25, -0.2) is 0 Å². The molecule has 2 aliphatic carbocycles. The van der Waals surface area contributed by atoms with E-state index in [-0.39, 0.29) is 0 Å². The number of thiophene rings is 1. The predicted molar refractivity (Wildman–Crippen MR) is 221 cm³/mol. The van der Waals surface area contributed by atoms with Crippen molar-refractivity contribution in [1.29, 1.82) is 0 Å². The van der Waals surface area contributed by atoms with E-state index in [9.17, 15) is 0 Å². The highest BCUT2D eigenvalue weighted by Crippen LogP contribution is 2.56. The summed E-state index contributed by atoms with van der Waals surface area (Å²) >= 11 is 1.90. The summed E-state index contributed by atoms with van der Waals surface area (Å²) < 4.78 is 2.68. The molecule has 1 heteroatoms. The maximum absolute atomic E-state index is 2.51. The van der Waals surface area contributed by atoms with E-state index in [4.69, 9.17) is 0 Å². The fourth-order valence-electron chi connectivity index (χ4n) is 9.84. The Kier molecular flexibility index (Phi) is 4.84. The summed E-state index contributed by atoms with van der Waals surface area (Å²) in [4.78, 5) is 0. The van der Waals surface area contributed by atoms with Crippen molar-refractivity contribution in [3.05, 3.63) is 158 Å². The second-order valence-electron chi connectivity index (χ2n) is 14.3. The van der Waals surface area contributed by atoms with Gasteiger partial charge in [-0.3, -0.25) is 0 Å². The number of fused-ring (bicyclic) bond motifs is 14. The summed E-state index contributed by atoms with van der Waals surface area (Å²) in [5.41, 5.74) is 13.4. The molecule has 0 spiro atoms. The Bertz CT molecular complexity index is 3400. The van der Waals surface area contributed by atoms with E-state index in [1.165, 1.54) is 130 Å². The average molecular weight is 659 g/mol. The van der Waals surface area contributed by atoms with Crippen LogP contribution in [-0.4, -0.2) is 0 Å². The van der Waals surface area contributed by atoms with Crippen molar-refractivity contribution >= 4 is 85.4 Å². The van der Waals surface area contributed by atoms with Crippen molar-refractivity contribution in [1.82, 2.24) is 0 Å². The molecule has 0 fully saturated rings. The highest BCUT2D eigenvalue weighted by atomic mass is 32.1. The molecule has 0 saturated carbocycles. The Labute approximate surface area is 297 Å². The van der Waals surface area contributed by atoms with E-state index in [0.29, 0.717) is 0 Å². The zero-order chi connectivity index (χ0) is 32.9. The second-order valence-corrected chi connectivity index (χ2v) is 15.4. The van der Waals surface area contributed by atoms with Crippen LogP contribution in [0, 0.1) is 0 Å². The van der Waals surface area contributed by atoms with E-state index in [2.05, 4.69) is 158 Å². The monoisotopic (exact) mass is 658 g/mol. The van der Waals surface area contributed by atoms with Crippen LogP contribution in [-0.2, 0) is 0 Å². The molecular formula is C50H26S. The van der Waals surface area contributed by atoms with Crippen LogP contribution in [0.1, 0.15) is 0 Å². The van der Waals surface area contributed by atoms with E-state index in [1.54, 1.807) is 0 Å². The third kappa shape index (κ3) is 3.26. The molecule has 0 nitrogen and oxygen atoms in total. The molecule has 0 aliphatic heterocycles. The molecule has 10 aromatic carbocycles. The lowest BCUT2D eigenvalue weighted by atomic mass is 9.84. The van der Waals surface area contributed by atoms with Gasteiger partial charge < -0.3 is 0 Å². The summed E-state index contributed by atoms with van der Waals surface area (Å²) in [6.45, 7) is 0. The summed E-state index contributed by atoms with van der Waals surface area (Å²) in [7, 11) is 0. The minimum Gasteiger partial charge on any atom is -0.135 e. The standard InChI is InChI=1S/C50H26S/c1-2-18-44-36(12-1)48-38(17-7-19-45(48)51-44)49-35-23-22-30-31(41(35)26-43-34-15-5-10-28-11-6-16-37(47(28)34)50(43)49)21-20-29-24-40-32-13-3-8-27-9-4-14-33(46(27)32)42(40)25-39(29)30/h1-26H. The molecule has 1 heterocycles. The largest absolute Gasteiger partial charge is 0.135 e. The smallest absolute Gasteiger partial charge is 0.0361 e. The molecular weight excluding hydrogens is 633 g/mol. The quantitative estimate of drug-likeness (QED) is 0.154.